The van der Waals surface area contributed by atoms with Crippen molar-refractivity contribution >= 4 is 0 Å². The van der Waals surface area contributed by atoms with E-state index >= 15 is 0 Å². The summed E-state index contributed by atoms with van der Waals surface area (Å²) in [5.74, 6) is 0. The molecule has 0 saturated carbocycles. The Balaban J connectivity index is 1.68. The SMILES string of the molecule is CCCC1CN(CCC2=CCCC2)CCN1. The Morgan fingerprint density at radius 2 is 2.44 bits per heavy atom. The average molecular weight is 222 g/mol. The van der Waals surface area contributed by atoms with Crippen molar-refractivity contribution in [1.29, 1.82) is 0 Å². The van der Waals surface area contributed by atoms with Gasteiger partial charge in [0.05, 0.1) is 0 Å². The van der Waals surface area contributed by atoms with Gasteiger partial charge in [0.1, 0.15) is 0 Å². The maximum atomic E-state index is 3.62. The summed E-state index contributed by atoms with van der Waals surface area (Å²) in [5, 5.41) is 3.62. The summed E-state index contributed by atoms with van der Waals surface area (Å²) < 4.78 is 0. The normalized spacial score (nSPS) is 27.1. The quantitative estimate of drug-likeness (QED) is 0.719. The van der Waals surface area contributed by atoms with Crippen LogP contribution in [0.1, 0.15) is 45.4 Å². The van der Waals surface area contributed by atoms with E-state index in [4.69, 9.17) is 0 Å². The second-order valence-corrected chi connectivity index (χ2v) is 5.24. The molecule has 1 aliphatic heterocycles. The Bertz CT molecular complexity index is 233. The molecule has 1 fully saturated rings. The Morgan fingerprint density at radius 1 is 1.50 bits per heavy atom. The monoisotopic (exact) mass is 222 g/mol. The van der Waals surface area contributed by atoms with Gasteiger partial charge in [0.25, 0.3) is 0 Å². The van der Waals surface area contributed by atoms with E-state index in [1.165, 1.54) is 64.7 Å². The van der Waals surface area contributed by atoms with Crippen LogP contribution in [0.2, 0.25) is 0 Å². The summed E-state index contributed by atoms with van der Waals surface area (Å²) in [6.07, 6.45) is 10.5. The molecule has 1 aliphatic carbocycles. The molecule has 2 rings (SSSR count). The van der Waals surface area contributed by atoms with Crippen LogP contribution in [0.25, 0.3) is 0 Å². The Labute approximate surface area is 100 Å². The summed E-state index contributed by atoms with van der Waals surface area (Å²) in [6, 6.07) is 0.747. The van der Waals surface area contributed by atoms with Crippen LogP contribution in [0.3, 0.4) is 0 Å². The van der Waals surface area contributed by atoms with Gasteiger partial charge in [-0.3, -0.25) is 0 Å². The van der Waals surface area contributed by atoms with Gasteiger partial charge in [0, 0.05) is 32.2 Å². The number of nitrogens with one attached hydrogen (secondary N) is 1. The van der Waals surface area contributed by atoms with E-state index in [2.05, 4.69) is 23.2 Å². The Kier molecular flexibility index (Phi) is 4.86. The molecular weight excluding hydrogens is 196 g/mol. The van der Waals surface area contributed by atoms with Crippen molar-refractivity contribution in [2.75, 3.05) is 26.2 Å². The first-order valence-electron chi connectivity index (χ1n) is 7.02. The fraction of sp³-hybridized carbons (Fsp3) is 0.857. The lowest BCUT2D eigenvalue weighted by atomic mass is 10.1. The van der Waals surface area contributed by atoms with E-state index in [0.29, 0.717) is 0 Å². The topological polar surface area (TPSA) is 15.3 Å². The van der Waals surface area contributed by atoms with Crippen LogP contribution in [0.5, 0.6) is 0 Å². The molecule has 16 heavy (non-hydrogen) atoms. The third-order valence-electron chi connectivity index (χ3n) is 3.86. The van der Waals surface area contributed by atoms with E-state index < -0.39 is 0 Å². The van der Waals surface area contributed by atoms with Gasteiger partial charge in [0.15, 0.2) is 0 Å². The van der Waals surface area contributed by atoms with E-state index in [1.54, 1.807) is 5.57 Å². The Morgan fingerprint density at radius 3 is 3.19 bits per heavy atom. The van der Waals surface area contributed by atoms with Gasteiger partial charge in [-0.2, -0.15) is 0 Å². The highest BCUT2D eigenvalue weighted by Crippen LogP contribution is 2.21. The molecule has 0 amide bonds. The predicted octanol–water partition coefficient (Wildman–Crippen LogP) is 2.56. The lowest BCUT2D eigenvalue weighted by Gasteiger charge is -2.33. The highest BCUT2D eigenvalue weighted by molar-refractivity contribution is 5.07. The lowest BCUT2D eigenvalue weighted by Crippen LogP contribution is -2.50. The zero-order valence-electron chi connectivity index (χ0n) is 10.7. The molecule has 0 spiro atoms. The molecule has 2 heteroatoms. The molecule has 1 atom stereocenters. The van der Waals surface area contributed by atoms with Gasteiger partial charge in [-0.05, 0) is 32.1 Å². The maximum Gasteiger partial charge on any atom is 0.0195 e. The molecule has 92 valence electrons. The first kappa shape index (κ1) is 12.1. The van der Waals surface area contributed by atoms with Gasteiger partial charge >= 0.3 is 0 Å². The van der Waals surface area contributed by atoms with Crippen molar-refractivity contribution in [3.63, 3.8) is 0 Å². The second-order valence-electron chi connectivity index (χ2n) is 5.24. The largest absolute Gasteiger partial charge is 0.311 e. The van der Waals surface area contributed by atoms with Crippen molar-refractivity contribution < 1.29 is 0 Å². The van der Waals surface area contributed by atoms with Crippen LogP contribution < -0.4 is 5.32 Å². The standard InChI is InChI=1S/C14H26N2/c1-2-5-14-12-16(11-9-15-14)10-8-13-6-3-4-7-13/h6,14-15H,2-5,7-12H2,1H3. The number of hydrogen-bond acceptors (Lipinski definition) is 2. The first-order valence-corrected chi connectivity index (χ1v) is 7.02. The molecular formula is C14H26N2. The van der Waals surface area contributed by atoms with Crippen LogP contribution in [0.15, 0.2) is 11.6 Å². The minimum atomic E-state index is 0.747. The van der Waals surface area contributed by atoms with E-state index in [0.717, 1.165) is 6.04 Å². The van der Waals surface area contributed by atoms with Crippen molar-refractivity contribution in [2.45, 2.75) is 51.5 Å². The summed E-state index contributed by atoms with van der Waals surface area (Å²) in [6.45, 7) is 7.26. The number of piperazine rings is 1. The highest BCUT2D eigenvalue weighted by Gasteiger charge is 2.18. The van der Waals surface area contributed by atoms with Gasteiger partial charge in [-0.1, -0.05) is 25.0 Å². The summed E-state index contributed by atoms with van der Waals surface area (Å²) >= 11 is 0. The number of hydrogen-bond donors (Lipinski definition) is 1. The molecule has 2 aliphatic rings. The summed E-state index contributed by atoms with van der Waals surface area (Å²) in [5.41, 5.74) is 1.71. The number of rotatable bonds is 5. The predicted molar refractivity (Wildman–Crippen MR) is 69.7 cm³/mol. The fourth-order valence-electron chi connectivity index (χ4n) is 2.91. The van der Waals surface area contributed by atoms with Crippen molar-refractivity contribution in [3.8, 4) is 0 Å². The third-order valence-corrected chi connectivity index (χ3v) is 3.86. The molecule has 0 aromatic carbocycles. The minimum absolute atomic E-state index is 0.747. The zero-order valence-corrected chi connectivity index (χ0v) is 10.7. The van der Waals surface area contributed by atoms with Crippen LogP contribution in [0.4, 0.5) is 0 Å². The first-order chi connectivity index (χ1) is 7.88. The molecule has 1 unspecified atom stereocenters. The molecule has 1 N–H and O–H groups in total. The molecule has 0 bridgehead atoms. The van der Waals surface area contributed by atoms with Crippen LogP contribution in [0, 0.1) is 0 Å². The fourth-order valence-corrected chi connectivity index (χ4v) is 2.91. The highest BCUT2D eigenvalue weighted by atomic mass is 15.2. The van der Waals surface area contributed by atoms with Crippen LogP contribution in [-0.2, 0) is 0 Å². The number of allylic oxidation sites excluding steroid dienone is 1. The van der Waals surface area contributed by atoms with Gasteiger partial charge in [0.2, 0.25) is 0 Å². The van der Waals surface area contributed by atoms with E-state index in [-0.39, 0.29) is 0 Å². The minimum Gasteiger partial charge on any atom is -0.311 e. The molecule has 0 radical (unpaired) electrons. The smallest absolute Gasteiger partial charge is 0.0195 e. The lowest BCUT2D eigenvalue weighted by molar-refractivity contribution is 0.195. The average Bonchev–Trinajstić information content (AvgIpc) is 2.80. The molecule has 1 saturated heterocycles. The zero-order chi connectivity index (χ0) is 11.2. The number of nitrogens with zero attached hydrogens (tertiary/aromatic N) is 1. The van der Waals surface area contributed by atoms with Crippen LogP contribution in [-0.4, -0.2) is 37.1 Å². The second kappa shape index (κ2) is 6.41. The van der Waals surface area contributed by atoms with Gasteiger partial charge < -0.3 is 10.2 Å². The van der Waals surface area contributed by atoms with Crippen molar-refractivity contribution in [3.05, 3.63) is 11.6 Å². The maximum absolute atomic E-state index is 3.62. The van der Waals surface area contributed by atoms with E-state index in [1.807, 2.05) is 0 Å². The van der Waals surface area contributed by atoms with Gasteiger partial charge in [-0.15, -0.1) is 0 Å². The molecule has 2 nitrogen and oxygen atoms in total. The summed E-state index contributed by atoms with van der Waals surface area (Å²) in [4.78, 5) is 2.65. The van der Waals surface area contributed by atoms with Crippen molar-refractivity contribution in [1.82, 2.24) is 10.2 Å². The summed E-state index contributed by atoms with van der Waals surface area (Å²) in [7, 11) is 0. The van der Waals surface area contributed by atoms with Crippen molar-refractivity contribution in [2.24, 2.45) is 0 Å². The molecule has 0 aromatic heterocycles. The third kappa shape index (κ3) is 3.60. The van der Waals surface area contributed by atoms with Crippen LogP contribution >= 0.6 is 0 Å². The molecule has 0 aromatic rings. The van der Waals surface area contributed by atoms with E-state index in [9.17, 15) is 0 Å². The Hall–Kier alpha value is -0.340. The molecule has 1 heterocycles. The van der Waals surface area contributed by atoms with Gasteiger partial charge in [-0.25, -0.2) is 0 Å².